The molecule has 0 aliphatic rings. The van der Waals surface area contributed by atoms with E-state index in [9.17, 15) is 4.79 Å². The lowest BCUT2D eigenvalue weighted by atomic mass is 10.2. The molecule has 4 nitrogen and oxygen atoms in total. The molecule has 0 saturated carbocycles. The Bertz CT molecular complexity index is 659. The van der Waals surface area contributed by atoms with Crippen LogP contribution >= 0.6 is 23.2 Å². The monoisotopic (exact) mass is 353 g/mol. The van der Waals surface area contributed by atoms with E-state index >= 15 is 0 Å². The van der Waals surface area contributed by atoms with E-state index in [0.29, 0.717) is 28.9 Å². The molecule has 0 saturated heterocycles. The highest BCUT2D eigenvalue weighted by Crippen LogP contribution is 2.21. The molecule has 1 N–H and O–H groups in total. The largest absolute Gasteiger partial charge is 0.494 e. The minimum Gasteiger partial charge on any atom is -0.494 e. The second-order valence-electron chi connectivity index (χ2n) is 4.71. The van der Waals surface area contributed by atoms with Crippen LogP contribution in [0, 0.1) is 0 Å². The van der Waals surface area contributed by atoms with Crippen LogP contribution in [-0.4, -0.2) is 19.1 Å². The van der Waals surface area contributed by atoms with Crippen LogP contribution in [0.5, 0.6) is 11.5 Å². The van der Waals surface area contributed by atoms with Gasteiger partial charge >= 0.3 is 0 Å². The molecule has 23 heavy (non-hydrogen) atoms. The standard InChI is InChI=1S/C17H17Cl2NO3/c1-2-22-14-5-7-15(8-6-14)23-11-17(21)20-10-12-3-4-13(18)9-16(12)19/h3-9H,2,10-11H2,1H3,(H,20,21). The predicted octanol–water partition coefficient (Wildman–Crippen LogP) is 4.09. The molecule has 1 amide bonds. The first kappa shape index (κ1) is 17.4. The Hall–Kier alpha value is -1.91. The van der Waals surface area contributed by atoms with E-state index in [1.807, 2.05) is 6.92 Å². The average Bonchev–Trinajstić information content (AvgIpc) is 2.54. The number of nitrogens with one attached hydrogen (secondary N) is 1. The van der Waals surface area contributed by atoms with Gasteiger partial charge in [0.05, 0.1) is 6.61 Å². The van der Waals surface area contributed by atoms with Crippen molar-refractivity contribution < 1.29 is 14.3 Å². The fourth-order valence-electron chi connectivity index (χ4n) is 1.86. The highest BCUT2D eigenvalue weighted by atomic mass is 35.5. The zero-order chi connectivity index (χ0) is 16.7. The number of carbonyl (C=O) groups excluding carboxylic acids is 1. The van der Waals surface area contributed by atoms with Gasteiger partial charge in [0.15, 0.2) is 6.61 Å². The molecule has 0 spiro atoms. The molecule has 0 unspecified atom stereocenters. The molecule has 0 aliphatic carbocycles. The summed E-state index contributed by atoms with van der Waals surface area (Å²) in [7, 11) is 0. The summed E-state index contributed by atoms with van der Waals surface area (Å²) in [6.07, 6.45) is 0. The maximum absolute atomic E-state index is 11.8. The molecule has 122 valence electrons. The van der Waals surface area contributed by atoms with E-state index in [-0.39, 0.29) is 12.5 Å². The fourth-order valence-corrected chi connectivity index (χ4v) is 2.33. The number of rotatable bonds is 7. The van der Waals surface area contributed by atoms with Crippen LogP contribution in [0.3, 0.4) is 0 Å². The van der Waals surface area contributed by atoms with E-state index in [1.54, 1.807) is 42.5 Å². The van der Waals surface area contributed by atoms with Crippen molar-refractivity contribution in [2.24, 2.45) is 0 Å². The van der Waals surface area contributed by atoms with Crippen molar-refractivity contribution in [1.29, 1.82) is 0 Å². The Morgan fingerprint density at radius 1 is 1.04 bits per heavy atom. The Morgan fingerprint density at radius 3 is 2.30 bits per heavy atom. The maximum atomic E-state index is 11.8. The second kappa shape index (κ2) is 8.65. The van der Waals surface area contributed by atoms with Crippen LogP contribution in [0.2, 0.25) is 10.0 Å². The number of amides is 1. The third-order valence-corrected chi connectivity index (χ3v) is 3.58. The number of benzene rings is 2. The summed E-state index contributed by atoms with van der Waals surface area (Å²) in [5.74, 6) is 1.14. The van der Waals surface area contributed by atoms with Gasteiger partial charge in [-0.3, -0.25) is 4.79 Å². The first-order valence-corrected chi connectivity index (χ1v) is 7.90. The topological polar surface area (TPSA) is 47.6 Å². The molecule has 0 fully saturated rings. The molecule has 0 aromatic heterocycles. The first-order valence-electron chi connectivity index (χ1n) is 7.14. The zero-order valence-corrected chi connectivity index (χ0v) is 14.2. The van der Waals surface area contributed by atoms with Gasteiger partial charge in [-0.25, -0.2) is 0 Å². The first-order chi connectivity index (χ1) is 11.1. The van der Waals surface area contributed by atoms with Crippen LogP contribution in [0.1, 0.15) is 12.5 Å². The Kier molecular flexibility index (Phi) is 6.56. The van der Waals surface area contributed by atoms with Gasteiger partial charge in [0.1, 0.15) is 11.5 Å². The Balaban J connectivity index is 1.78. The molecular formula is C17H17Cl2NO3. The van der Waals surface area contributed by atoms with Gasteiger partial charge in [-0.05, 0) is 48.9 Å². The summed E-state index contributed by atoms with van der Waals surface area (Å²) in [5.41, 5.74) is 0.797. The molecule has 0 bridgehead atoms. The lowest BCUT2D eigenvalue weighted by Crippen LogP contribution is -2.28. The quantitative estimate of drug-likeness (QED) is 0.815. The van der Waals surface area contributed by atoms with E-state index in [4.69, 9.17) is 32.7 Å². The molecule has 0 radical (unpaired) electrons. The second-order valence-corrected chi connectivity index (χ2v) is 5.55. The van der Waals surface area contributed by atoms with Crippen LogP contribution in [0.25, 0.3) is 0 Å². The van der Waals surface area contributed by atoms with Crippen LogP contribution < -0.4 is 14.8 Å². The van der Waals surface area contributed by atoms with Gasteiger partial charge in [0.2, 0.25) is 0 Å². The summed E-state index contributed by atoms with van der Waals surface area (Å²) in [6.45, 7) is 2.78. The van der Waals surface area contributed by atoms with Crippen LogP contribution in [-0.2, 0) is 11.3 Å². The summed E-state index contributed by atoms with van der Waals surface area (Å²) >= 11 is 11.9. The van der Waals surface area contributed by atoms with E-state index in [2.05, 4.69) is 5.32 Å². The summed E-state index contributed by atoms with van der Waals surface area (Å²) in [6, 6.07) is 12.3. The molecular weight excluding hydrogens is 337 g/mol. The van der Waals surface area contributed by atoms with Gasteiger partial charge in [-0.1, -0.05) is 29.3 Å². The van der Waals surface area contributed by atoms with E-state index < -0.39 is 0 Å². The highest BCUT2D eigenvalue weighted by molar-refractivity contribution is 6.35. The van der Waals surface area contributed by atoms with Gasteiger partial charge in [-0.2, -0.15) is 0 Å². The van der Waals surface area contributed by atoms with Gasteiger partial charge in [0.25, 0.3) is 5.91 Å². The number of hydrogen-bond acceptors (Lipinski definition) is 3. The number of carbonyl (C=O) groups is 1. The Labute approximate surface area is 145 Å². The average molecular weight is 354 g/mol. The minimum absolute atomic E-state index is 0.0702. The SMILES string of the molecule is CCOc1ccc(OCC(=O)NCc2ccc(Cl)cc2Cl)cc1. The molecule has 2 rings (SSSR count). The normalized spacial score (nSPS) is 10.2. The highest BCUT2D eigenvalue weighted by Gasteiger charge is 2.06. The predicted molar refractivity (Wildman–Crippen MR) is 91.4 cm³/mol. The summed E-state index contributed by atoms with van der Waals surface area (Å²) in [4.78, 5) is 11.8. The Morgan fingerprint density at radius 2 is 1.70 bits per heavy atom. The number of ether oxygens (including phenoxy) is 2. The molecule has 0 heterocycles. The van der Waals surface area contributed by atoms with Gasteiger partial charge in [-0.15, -0.1) is 0 Å². The summed E-state index contributed by atoms with van der Waals surface area (Å²) < 4.78 is 10.8. The molecule has 0 aliphatic heterocycles. The van der Waals surface area contributed by atoms with Crippen molar-refractivity contribution in [3.05, 3.63) is 58.1 Å². The van der Waals surface area contributed by atoms with Crippen molar-refractivity contribution in [3.8, 4) is 11.5 Å². The lowest BCUT2D eigenvalue weighted by Gasteiger charge is -2.09. The number of hydrogen-bond donors (Lipinski definition) is 1. The molecule has 2 aromatic rings. The molecule has 6 heteroatoms. The maximum Gasteiger partial charge on any atom is 0.258 e. The lowest BCUT2D eigenvalue weighted by molar-refractivity contribution is -0.123. The third kappa shape index (κ3) is 5.66. The minimum atomic E-state index is -0.232. The van der Waals surface area contributed by atoms with Gasteiger partial charge < -0.3 is 14.8 Å². The molecule has 0 atom stereocenters. The summed E-state index contributed by atoms with van der Waals surface area (Å²) in [5, 5.41) is 3.82. The smallest absolute Gasteiger partial charge is 0.258 e. The van der Waals surface area contributed by atoms with Crippen LogP contribution in [0.4, 0.5) is 0 Å². The van der Waals surface area contributed by atoms with E-state index in [0.717, 1.165) is 11.3 Å². The van der Waals surface area contributed by atoms with Crippen molar-refractivity contribution in [2.75, 3.05) is 13.2 Å². The fraction of sp³-hybridized carbons (Fsp3) is 0.235. The van der Waals surface area contributed by atoms with Crippen molar-refractivity contribution in [2.45, 2.75) is 13.5 Å². The zero-order valence-electron chi connectivity index (χ0n) is 12.6. The van der Waals surface area contributed by atoms with Crippen molar-refractivity contribution in [1.82, 2.24) is 5.32 Å². The van der Waals surface area contributed by atoms with Gasteiger partial charge in [0, 0.05) is 16.6 Å². The van der Waals surface area contributed by atoms with Crippen molar-refractivity contribution in [3.63, 3.8) is 0 Å². The van der Waals surface area contributed by atoms with Crippen LogP contribution in [0.15, 0.2) is 42.5 Å². The van der Waals surface area contributed by atoms with Crippen molar-refractivity contribution >= 4 is 29.1 Å². The molecule has 2 aromatic carbocycles. The third-order valence-electron chi connectivity index (χ3n) is 3.00. The van der Waals surface area contributed by atoms with E-state index in [1.165, 1.54) is 0 Å². The number of halogens is 2.